The van der Waals surface area contributed by atoms with E-state index in [9.17, 15) is 15.0 Å². The van der Waals surface area contributed by atoms with Gasteiger partial charge in [0.2, 0.25) is 5.91 Å². The molecule has 0 radical (unpaired) electrons. The van der Waals surface area contributed by atoms with E-state index in [1.54, 1.807) is 6.08 Å². The van der Waals surface area contributed by atoms with Crippen LogP contribution in [0.2, 0.25) is 0 Å². The molecule has 0 aliphatic carbocycles. The number of allylic oxidation sites excluding steroid dienone is 3. The summed E-state index contributed by atoms with van der Waals surface area (Å²) in [7, 11) is 0. The minimum absolute atomic E-state index is 0.0842. The lowest BCUT2D eigenvalue weighted by molar-refractivity contribution is -0.123. The van der Waals surface area contributed by atoms with Crippen molar-refractivity contribution in [3.05, 3.63) is 24.3 Å². The Balaban J connectivity index is 3.72. The van der Waals surface area contributed by atoms with Crippen LogP contribution in [0, 0.1) is 0 Å². The summed E-state index contributed by atoms with van der Waals surface area (Å²) in [5.74, 6) is -0.0842. The van der Waals surface area contributed by atoms with Crippen LogP contribution < -0.4 is 5.32 Å². The first-order chi connectivity index (χ1) is 17.7. The standard InChI is InChI=1S/C32H61NO3/c1-3-5-7-9-11-13-15-16-18-20-22-24-26-28-32(36)33-30(29-34)31(35)27-25-23-21-19-17-14-12-10-8-6-4-2/h16,18,25,27,30-31,34-35H,3-15,17,19-24,26,28-29H2,1-2H3,(H,33,36)/b18-16-,27-25+. The van der Waals surface area contributed by atoms with Crippen LogP contribution in [0.25, 0.3) is 0 Å². The van der Waals surface area contributed by atoms with Crippen LogP contribution in [0.4, 0.5) is 0 Å². The number of hydrogen-bond acceptors (Lipinski definition) is 3. The van der Waals surface area contributed by atoms with Crippen molar-refractivity contribution in [1.82, 2.24) is 5.32 Å². The SMILES string of the molecule is CCCCCCCC/C=C\CCCCCC(=O)NC(CO)C(O)/C=C/CCCCCCCCCCC. The van der Waals surface area contributed by atoms with Crippen molar-refractivity contribution in [2.24, 2.45) is 0 Å². The minimum atomic E-state index is -0.839. The van der Waals surface area contributed by atoms with Crippen molar-refractivity contribution >= 4 is 5.91 Å². The second-order valence-corrected chi connectivity index (χ2v) is 10.5. The van der Waals surface area contributed by atoms with Gasteiger partial charge in [-0.2, -0.15) is 0 Å². The van der Waals surface area contributed by atoms with E-state index in [-0.39, 0.29) is 12.5 Å². The lowest BCUT2D eigenvalue weighted by atomic mass is 10.1. The van der Waals surface area contributed by atoms with Gasteiger partial charge in [-0.1, -0.05) is 128 Å². The fourth-order valence-corrected chi connectivity index (χ4v) is 4.46. The van der Waals surface area contributed by atoms with Crippen molar-refractivity contribution in [3.8, 4) is 0 Å². The number of carbonyl (C=O) groups is 1. The maximum Gasteiger partial charge on any atom is 0.220 e. The molecule has 0 spiro atoms. The molecule has 0 saturated carbocycles. The number of aliphatic hydroxyl groups is 2. The van der Waals surface area contributed by atoms with Gasteiger partial charge in [-0.25, -0.2) is 0 Å². The van der Waals surface area contributed by atoms with Crippen molar-refractivity contribution in [3.63, 3.8) is 0 Å². The highest BCUT2D eigenvalue weighted by molar-refractivity contribution is 5.76. The van der Waals surface area contributed by atoms with Crippen LogP contribution in [0.3, 0.4) is 0 Å². The molecule has 0 aromatic carbocycles. The molecule has 2 unspecified atom stereocenters. The van der Waals surface area contributed by atoms with Crippen molar-refractivity contribution in [1.29, 1.82) is 0 Å². The van der Waals surface area contributed by atoms with E-state index in [4.69, 9.17) is 0 Å². The molecule has 1 amide bonds. The third-order valence-corrected chi connectivity index (χ3v) is 6.93. The highest BCUT2D eigenvalue weighted by Gasteiger charge is 2.17. The zero-order chi connectivity index (χ0) is 26.5. The number of amides is 1. The van der Waals surface area contributed by atoms with Crippen LogP contribution >= 0.6 is 0 Å². The Morgan fingerprint density at radius 3 is 1.53 bits per heavy atom. The van der Waals surface area contributed by atoms with Gasteiger partial charge in [0.05, 0.1) is 18.8 Å². The van der Waals surface area contributed by atoms with E-state index < -0.39 is 12.1 Å². The molecule has 3 N–H and O–H groups in total. The topological polar surface area (TPSA) is 69.6 Å². The molecular weight excluding hydrogens is 446 g/mol. The summed E-state index contributed by atoms with van der Waals surface area (Å²) < 4.78 is 0. The van der Waals surface area contributed by atoms with E-state index in [1.165, 1.54) is 96.3 Å². The number of rotatable bonds is 27. The summed E-state index contributed by atoms with van der Waals surface area (Å²) in [6, 6.07) is -0.623. The van der Waals surface area contributed by atoms with Crippen molar-refractivity contribution < 1.29 is 15.0 Å². The lowest BCUT2D eigenvalue weighted by Crippen LogP contribution is -2.45. The molecule has 2 atom stereocenters. The predicted octanol–water partition coefficient (Wildman–Crippen LogP) is 8.56. The third-order valence-electron chi connectivity index (χ3n) is 6.93. The lowest BCUT2D eigenvalue weighted by Gasteiger charge is -2.19. The van der Waals surface area contributed by atoms with Gasteiger partial charge in [-0.15, -0.1) is 0 Å². The van der Waals surface area contributed by atoms with Gasteiger partial charge in [-0.05, 0) is 44.9 Å². The van der Waals surface area contributed by atoms with Gasteiger partial charge in [0.25, 0.3) is 0 Å². The maximum absolute atomic E-state index is 12.2. The Hall–Kier alpha value is -1.13. The largest absolute Gasteiger partial charge is 0.394 e. The van der Waals surface area contributed by atoms with Crippen LogP contribution in [0.1, 0.15) is 155 Å². The molecule has 0 aliphatic rings. The number of carbonyl (C=O) groups excluding carboxylic acids is 1. The average Bonchev–Trinajstić information content (AvgIpc) is 2.88. The fraction of sp³-hybridized carbons (Fsp3) is 0.844. The summed E-state index contributed by atoms with van der Waals surface area (Å²) in [4.78, 5) is 12.2. The molecule has 0 aromatic rings. The van der Waals surface area contributed by atoms with Crippen molar-refractivity contribution in [2.75, 3.05) is 6.61 Å². The van der Waals surface area contributed by atoms with Crippen LogP contribution in [0.5, 0.6) is 0 Å². The first-order valence-corrected chi connectivity index (χ1v) is 15.6. The zero-order valence-corrected chi connectivity index (χ0v) is 24.0. The fourth-order valence-electron chi connectivity index (χ4n) is 4.46. The summed E-state index contributed by atoms with van der Waals surface area (Å²) >= 11 is 0. The van der Waals surface area contributed by atoms with E-state index >= 15 is 0 Å². The van der Waals surface area contributed by atoms with Gasteiger partial charge < -0.3 is 15.5 Å². The van der Waals surface area contributed by atoms with E-state index in [1.807, 2.05) is 6.08 Å². The number of unbranched alkanes of at least 4 members (excludes halogenated alkanes) is 18. The number of nitrogens with one attached hydrogen (secondary N) is 1. The Labute approximate surface area is 224 Å². The number of aliphatic hydroxyl groups excluding tert-OH is 2. The zero-order valence-electron chi connectivity index (χ0n) is 24.0. The van der Waals surface area contributed by atoms with Crippen molar-refractivity contribution in [2.45, 2.75) is 167 Å². The molecule has 0 aliphatic heterocycles. The van der Waals surface area contributed by atoms with Gasteiger partial charge in [0.15, 0.2) is 0 Å². The highest BCUT2D eigenvalue weighted by Crippen LogP contribution is 2.11. The first-order valence-electron chi connectivity index (χ1n) is 15.6. The minimum Gasteiger partial charge on any atom is -0.394 e. The van der Waals surface area contributed by atoms with E-state index in [0.717, 1.165) is 38.5 Å². The third kappa shape index (κ3) is 24.6. The molecule has 0 aromatic heterocycles. The van der Waals surface area contributed by atoms with Gasteiger partial charge in [0.1, 0.15) is 0 Å². The summed E-state index contributed by atoms with van der Waals surface area (Å²) in [5.41, 5.74) is 0. The summed E-state index contributed by atoms with van der Waals surface area (Å²) in [5, 5.41) is 22.7. The molecule has 0 rings (SSSR count). The highest BCUT2D eigenvalue weighted by atomic mass is 16.3. The molecule has 4 nitrogen and oxygen atoms in total. The molecule has 212 valence electrons. The molecule has 36 heavy (non-hydrogen) atoms. The van der Waals surface area contributed by atoms with Gasteiger partial charge >= 0.3 is 0 Å². The average molecular weight is 508 g/mol. The second-order valence-electron chi connectivity index (χ2n) is 10.5. The van der Waals surface area contributed by atoms with E-state index in [2.05, 4.69) is 31.3 Å². The summed E-state index contributed by atoms with van der Waals surface area (Å²) in [6.07, 6.45) is 33.9. The predicted molar refractivity (Wildman–Crippen MR) is 156 cm³/mol. The molecule has 0 bridgehead atoms. The Kier molecular flexibility index (Phi) is 27.5. The normalized spacial score (nSPS) is 13.6. The Morgan fingerprint density at radius 2 is 1.06 bits per heavy atom. The number of hydrogen-bond donors (Lipinski definition) is 3. The molecule has 4 heteroatoms. The summed E-state index contributed by atoms with van der Waals surface area (Å²) in [6.45, 7) is 4.25. The quantitative estimate of drug-likeness (QED) is 0.0770. The Bertz CT molecular complexity index is 518. The maximum atomic E-state index is 12.2. The van der Waals surface area contributed by atoms with Gasteiger partial charge in [0, 0.05) is 6.42 Å². The van der Waals surface area contributed by atoms with Crippen LogP contribution in [-0.2, 0) is 4.79 Å². The molecule has 0 saturated heterocycles. The van der Waals surface area contributed by atoms with Crippen LogP contribution in [0.15, 0.2) is 24.3 Å². The monoisotopic (exact) mass is 507 g/mol. The molecular formula is C32H61NO3. The smallest absolute Gasteiger partial charge is 0.220 e. The Morgan fingerprint density at radius 1 is 0.639 bits per heavy atom. The second kappa shape index (κ2) is 28.4. The molecule has 0 heterocycles. The van der Waals surface area contributed by atoms with E-state index in [0.29, 0.717) is 6.42 Å². The molecule has 0 fully saturated rings. The van der Waals surface area contributed by atoms with Crippen LogP contribution in [-0.4, -0.2) is 34.9 Å². The first kappa shape index (κ1) is 34.9. The van der Waals surface area contributed by atoms with Gasteiger partial charge in [-0.3, -0.25) is 4.79 Å².